The molecule has 2 nitrogen and oxygen atoms in total. The van der Waals surface area contributed by atoms with Gasteiger partial charge in [-0.05, 0) is 49.8 Å². The second-order valence-corrected chi connectivity index (χ2v) is 5.40. The average Bonchev–Trinajstić information content (AvgIpc) is 2.38. The van der Waals surface area contributed by atoms with Crippen molar-refractivity contribution in [3.05, 3.63) is 35.4 Å². The molecule has 17 heavy (non-hydrogen) atoms. The number of β-amino-alcohol motifs (C(OH)–C–C–N with tert-alkyl or cyclic N) is 1. The first-order chi connectivity index (χ1) is 8.34. The van der Waals surface area contributed by atoms with Gasteiger partial charge >= 0.3 is 0 Å². The quantitative estimate of drug-likeness (QED) is 0.803. The van der Waals surface area contributed by atoms with Crippen molar-refractivity contribution in [2.45, 2.75) is 44.2 Å². The van der Waals surface area contributed by atoms with Crippen LogP contribution in [0.15, 0.2) is 24.3 Å². The summed E-state index contributed by atoms with van der Waals surface area (Å²) in [6.07, 6.45) is 5.77. The Hall–Kier alpha value is -0.860. The molecule has 1 aromatic rings. The SMILES string of the molecule is O[C@H]1CCCN([C@H]2CCCc3ccccc32)C1. The lowest BCUT2D eigenvalue weighted by Gasteiger charge is -2.39. The number of benzene rings is 1. The van der Waals surface area contributed by atoms with Crippen LogP contribution in [0.1, 0.15) is 42.9 Å². The van der Waals surface area contributed by atoms with E-state index in [-0.39, 0.29) is 6.10 Å². The van der Waals surface area contributed by atoms with E-state index >= 15 is 0 Å². The lowest BCUT2D eigenvalue weighted by molar-refractivity contribution is 0.0413. The van der Waals surface area contributed by atoms with Crippen molar-refractivity contribution in [2.75, 3.05) is 13.1 Å². The summed E-state index contributed by atoms with van der Waals surface area (Å²) in [5, 5.41) is 9.82. The van der Waals surface area contributed by atoms with Gasteiger partial charge in [0.15, 0.2) is 0 Å². The summed E-state index contributed by atoms with van der Waals surface area (Å²) in [5.74, 6) is 0. The van der Waals surface area contributed by atoms with Crippen molar-refractivity contribution < 1.29 is 5.11 Å². The Kier molecular flexibility index (Phi) is 3.17. The number of aliphatic hydroxyl groups is 1. The monoisotopic (exact) mass is 231 g/mol. The van der Waals surface area contributed by atoms with Crippen LogP contribution in [0.3, 0.4) is 0 Å². The smallest absolute Gasteiger partial charge is 0.0667 e. The van der Waals surface area contributed by atoms with Gasteiger partial charge in [-0.15, -0.1) is 0 Å². The molecule has 92 valence electrons. The molecule has 2 aliphatic rings. The number of piperidine rings is 1. The summed E-state index contributed by atoms with van der Waals surface area (Å²) in [7, 11) is 0. The highest BCUT2D eigenvalue weighted by Gasteiger charge is 2.28. The van der Waals surface area contributed by atoms with E-state index in [2.05, 4.69) is 29.2 Å². The number of likely N-dealkylation sites (tertiary alicyclic amines) is 1. The largest absolute Gasteiger partial charge is 0.392 e. The molecule has 1 aromatic carbocycles. The van der Waals surface area contributed by atoms with Crippen molar-refractivity contribution in [1.82, 2.24) is 4.90 Å². The fraction of sp³-hybridized carbons (Fsp3) is 0.600. The minimum atomic E-state index is -0.113. The average molecular weight is 231 g/mol. The molecule has 1 fully saturated rings. The molecule has 2 atom stereocenters. The molecule has 0 radical (unpaired) electrons. The van der Waals surface area contributed by atoms with Crippen molar-refractivity contribution >= 4 is 0 Å². The minimum Gasteiger partial charge on any atom is -0.392 e. The van der Waals surface area contributed by atoms with Crippen LogP contribution in [0.2, 0.25) is 0 Å². The summed E-state index contributed by atoms with van der Waals surface area (Å²) < 4.78 is 0. The van der Waals surface area contributed by atoms with Crippen molar-refractivity contribution in [2.24, 2.45) is 0 Å². The first-order valence-electron chi connectivity index (χ1n) is 6.84. The number of nitrogens with zero attached hydrogens (tertiary/aromatic N) is 1. The van der Waals surface area contributed by atoms with Crippen LogP contribution in [-0.4, -0.2) is 29.2 Å². The van der Waals surface area contributed by atoms with E-state index < -0.39 is 0 Å². The van der Waals surface area contributed by atoms with Gasteiger partial charge in [-0.3, -0.25) is 4.90 Å². The summed E-state index contributed by atoms with van der Waals surface area (Å²) in [6.45, 7) is 2.01. The maximum absolute atomic E-state index is 9.82. The van der Waals surface area contributed by atoms with Gasteiger partial charge in [0.1, 0.15) is 0 Å². The van der Waals surface area contributed by atoms with Gasteiger partial charge in [0, 0.05) is 12.6 Å². The Bertz CT molecular complexity index is 390. The predicted octanol–water partition coefficient (Wildman–Crippen LogP) is 2.52. The third-order valence-corrected chi connectivity index (χ3v) is 4.21. The summed E-state index contributed by atoms with van der Waals surface area (Å²) in [4.78, 5) is 2.49. The molecule has 0 saturated carbocycles. The highest BCUT2D eigenvalue weighted by molar-refractivity contribution is 5.32. The normalized spacial score (nSPS) is 29.9. The molecular formula is C15H21NO. The molecule has 1 aliphatic carbocycles. The Morgan fingerprint density at radius 1 is 1.12 bits per heavy atom. The van der Waals surface area contributed by atoms with E-state index in [0.29, 0.717) is 6.04 Å². The Balaban J connectivity index is 1.84. The highest BCUT2D eigenvalue weighted by Crippen LogP contribution is 2.35. The lowest BCUT2D eigenvalue weighted by Crippen LogP contribution is -2.41. The molecule has 1 saturated heterocycles. The van der Waals surface area contributed by atoms with Crippen LogP contribution < -0.4 is 0 Å². The van der Waals surface area contributed by atoms with Gasteiger partial charge in [0.25, 0.3) is 0 Å². The van der Waals surface area contributed by atoms with Gasteiger partial charge in [0.05, 0.1) is 6.10 Å². The maximum Gasteiger partial charge on any atom is 0.0667 e. The molecule has 0 amide bonds. The zero-order valence-electron chi connectivity index (χ0n) is 10.3. The summed E-state index contributed by atoms with van der Waals surface area (Å²) in [5.41, 5.74) is 3.02. The van der Waals surface area contributed by atoms with Gasteiger partial charge in [0.2, 0.25) is 0 Å². The van der Waals surface area contributed by atoms with Gasteiger partial charge in [-0.1, -0.05) is 24.3 Å². The molecule has 0 spiro atoms. The number of fused-ring (bicyclic) bond motifs is 1. The molecule has 0 aromatic heterocycles. The number of hydrogen-bond acceptors (Lipinski definition) is 2. The number of aliphatic hydroxyl groups excluding tert-OH is 1. The predicted molar refractivity (Wildman–Crippen MR) is 68.9 cm³/mol. The third kappa shape index (κ3) is 2.24. The van der Waals surface area contributed by atoms with Gasteiger partial charge in [-0.25, -0.2) is 0 Å². The lowest BCUT2D eigenvalue weighted by atomic mass is 9.86. The molecule has 1 aliphatic heterocycles. The van der Waals surface area contributed by atoms with Crippen LogP contribution in [0, 0.1) is 0 Å². The number of aryl methyl sites for hydroxylation is 1. The fourth-order valence-electron chi connectivity index (χ4n) is 3.37. The van der Waals surface area contributed by atoms with Crippen LogP contribution >= 0.6 is 0 Å². The standard InChI is InChI=1S/C15H21NO/c17-13-7-4-10-16(11-13)15-9-3-6-12-5-1-2-8-14(12)15/h1-2,5,8,13,15,17H,3-4,6-7,9-11H2/t13-,15-/m0/s1. The Labute approximate surface area is 103 Å². The molecule has 3 rings (SSSR count). The van der Waals surface area contributed by atoms with Crippen molar-refractivity contribution in [3.8, 4) is 0 Å². The zero-order chi connectivity index (χ0) is 11.7. The Morgan fingerprint density at radius 2 is 2.00 bits per heavy atom. The van der Waals surface area contributed by atoms with Crippen molar-refractivity contribution in [3.63, 3.8) is 0 Å². The first-order valence-corrected chi connectivity index (χ1v) is 6.84. The van der Waals surface area contributed by atoms with Crippen LogP contribution in [0.4, 0.5) is 0 Å². The fourth-order valence-corrected chi connectivity index (χ4v) is 3.37. The van der Waals surface area contributed by atoms with Crippen LogP contribution in [0.25, 0.3) is 0 Å². The molecule has 2 heteroatoms. The Morgan fingerprint density at radius 3 is 2.88 bits per heavy atom. The highest BCUT2D eigenvalue weighted by atomic mass is 16.3. The molecule has 0 unspecified atom stereocenters. The van der Waals surface area contributed by atoms with E-state index in [1.807, 2.05) is 0 Å². The van der Waals surface area contributed by atoms with Crippen LogP contribution in [0.5, 0.6) is 0 Å². The van der Waals surface area contributed by atoms with Crippen LogP contribution in [-0.2, 0) is 6.42 Å². The zero-order valence-corrected chi connectivity index (χ0v) is 10.3. The number of rotatable bonds is 1. The minimum absolute atomic E-state index is 0.113. The molecular weight excluding hydrogens is 210 g/mol. The van der Waals surface area contributed by atoms with E-state index in [1.165, 1.54) is 30.4 Å². The number of hydrogen-bond donors (Lipinski definition) is 1. The van der Waals surface area contributed by atoms with E-state index in [9.17, 15) is 5.11 Å². The second-order valence-electron chi connectivity index (χ2n) is 5.40. The van der Waals surface area contributed by atoms with Gasteiger partial charge in [-0.2, -0.15) is 0 Å². The molecule has 0 bridgehead atoms. The molecule has 1 N–H and O–H groups in total. The van der Waals surface area contributed by atoms with E-state index in [1.54, 1.807) is 0 Å². The van der Waals surface area contributed by atoms with E-state index in [0.717, 1.165) is 25.9 Å². The second kappa shape index (κ2) is 4.79. The van der Waals surface area contributed by atoms with E-state index in [4.69, 9.17) is 0 Å². The summed E-state index contributed by atoms with van der Waals surface area (Å²) in [6, 6.07) is 9.39. The van der Waals surface area contributed by atoms with Crippen molar-refractivity contribution in [1.29, 1.82) is 0 Å². The molecule has 1 heterocycles. The topological polar surface area (TPSA) is 23.5 Å². The summed E-state index contributed by atoms with van der Waals surface area (Å²) >= 11 is 0. The first kappa shape index (κ1) is 11.2. The third-order valence-electron chi connectivity index (χ3n) is 4.21. The maximum atomic E-state index is 9.82. The van der Waals surface area contributed by atoms with Gasteiger partial charge < -0.3 is 5.11 Å².